The van der Waals surface area contributed by atoms with E-state index in [1.165, 1.54) is 5.69 Å². The lowest BCUT2D eigenvalue weighted by Crippen LogP contribution is -2.21. The molecular weight excluding hydrogens is 326 g/mol. The minimum Gasteiger partial charge on any atom is -0.376 e. The summed E-state index contributed by atoms with van der Waals surface area (Å²) < 4.78 is 5.65. The van der Waals surface area contributed by atoms with Crippen molar-refractivity contribution in [2.75, 3.05) is 41.8 Å². The van der Waals surface area contributed by atoms with E-state index < -0.39 is 0 Å². The van der Waals surface area contributed by atoms with Gasteiger partial charge in [0.2, 0.25) is 5.95 Å². The second kappa shape index (κ2) is 8.85. The lowest BCUT2D eigenvalue weighted by molar-refractivity contribution is 0.120. The molecule has 1 aromatic carbocycles. The highest BCUT2D eigenvalue weighted by atomic mass is 16.5. The number of anilines is 4. The minimum atomic E-state index is 0.286. The van der Waals surface area contributed by atoms with E-state index in [9.17, 15) is 0 Å². The predicted octanol–water partition coefficient (Wildman–Crippen LogP) is 3.97. The van der Waals surface area contributed by atoms with Crippen molar-refractivity contribution >= 4 is 23.1 Å². The Morgan fingerprint density at radius 2 is 1.92 bits per heavy atom. The van der Waals surface area contributed by atoms with E-state index >= 15 is 0 Å². The molecule has 2 N–H and O–H groups in total. The van der Waals surface area contributed by atoms with Crippen LogP contribution in [0.5, 0.6) is 0 Å². The maximum atomic E-state index is 5.65. The van der Waals surface area contributed by atoms with Gasteiger partial charge in [0, 0.05) is 49.4 Å². The number of aryl methyl sites for hydroxylation is 1. The molecule has 6 nitrogen and oxygen atoms in total. The van der Waals surface area contributed by atoms with Gasteiger partial charge in [-0.2, -0.15) is 4.98 Å². The van der Waals surface area contributed by atoms with Gasteiger partial charge in [0.1, 0.15) is 5.82 Å². The molecule has 140 valence electrons. The fraction of sp³-hybridized carbons (Fsp3) is 0.500. The van der Waals surface area contributed by atoms with Crippen LogP contribution in [0.1, 0.15) is 32.4 Å². The van der Waals surface area contributed by atoms with Crippen LogP contribution in [-0.2, 0) is 4.74 Å². The Bertz CT molecular complexity index is 694. The van der Waals surface area contributed by atoms with Gasteiger partial charge < -0.3 is 20.3 Å². The van der Waals surface area contributed by atoms with Crippen LogP contribution in [0.3, 0.4) is 0 Å². The quantitative estimate of drug-likeness (QED) is 0.747. The van der Waals surface area contributed by atoms with Gasteiger partial charge >= 0.3 is 0 Å². The molecule has 1 aromatic heterocycles. The van der Waals surface area contributed by atoms with Gasteiger partial charge in [-0.3, -0.25) is 0 Å². The van der Waals surface area contributed by atoms with Gasteiger partial charge in [0.15, 0.2) is 0 Å². The van der Waals surface area contributed by atoms with Crippen molar-refractivity contribution in [3.8, 4) is 0 Å². The monoisotopic (exact) mass is 355 g/mol. The Morgan fingerprint density at radius 1 is 1.15 bits per heavy atom. The van der Waals surface area contributed by atoms with Crippen molar-refractivity contribution in [2.24, 2.45) is 0 Å². The molecule has 3 rings (SSSR count). The smallest absolute Gasteiger partial charge is 0.229 e. The minimum absolute atomic E-state index is 0.286. The fourth-order valence-electron chi connectivity index (χ4n) is 3.21. The first-order valence-corrected chi connectivity index (χ1v) is 9.51. The summed E-state index contributed by atoms with van der Waals surface area (Å²) in [5.41, 5.74) is 3.14. The summed E-state index contributed by atoms with van der Waals surface area (Å²) in [6.07, 6.45) is 2.54. The van der Waals surface area contributed by atoms with E-state index in [0.717, 1.165) is 56.3 Å². The number of hydrogen-bond acceptors (Lipinski definition) is 6. The molecule has 1 unspecified atom stereocenters. The van der Waals surface area contributed by atoms with Crippen molar-refractivity contribution in [1.82, 2.24) is 9.97 Å². The first kappa shape index (κ1) is 18.5. The van der Waals surface area contributed by atoms with Crippen LogP contribution >= 0.6 is 0 Å². The Labute approximate surface area is 156 Å². The zero-order chi connectivity index (χ0) is 18.4. The Morgan fingerprint density at radius 3 is 2.58 bits per heavy atom. The second-order valence-electron chi connectivity index (χ2n) is 6.58. The van der Waals surface area contributed by atoms with Gasteiger partial charge in [-0.1, -0.05) is 0 Å². The average Bonchev–Trinajstić information content (AvgIpc) is 3.16. The molecule has 0 spiro atoms. The third-order valence-corrected chi connectivity index (χ3v) is 4.64. The lowest BCUT2D eigenvalue weighted by atomic mass is 10.2. The summed E-state index contributed by atoms with van der Waals surface area (Å²) in [6.45, 7) is 9.98. The van der Waals surface area contributed by atoms with Crippen LogP contribution in [0.4, 0.5) is 23.1 Å². The highest BCUT2D eigenvalue weighted by Gasteiger charge is 2.15. The number of hydrogen-bond donors (Lipinski definition) is 2. The SMILES string of the molecule is CCN(CC)c1ccc(Nc2nc(C)cc(NCC3CCCO3)n2)cc1. The van der Waals surface area contributed by atoms with Crippen LogP contribution in [0, 0.1) is 6.92 Å². The molecule has 0 amide bonds. The molecule has 26 heavy (non-hydrogen) atoms. The highest BCUT2D eigenvalue weighted by molar-refractivity contribution is 5.60. The third kappa shape index (κ3) is 4.85. The summed E-state index contributed by atoms with van der Waals surface area (Å²) in [4.78, 5) is 11.4. The van der Waals surface area contributed by atoms with Crippen molar-refractivity contribution in [2.45, 2.75) is 39.7 Å². The van der Waals surface area contributed by atoms with Crippen LogP contribution in [-0.4, -0.2) is 42.3 Å². The van der Waals surface area contributed by atoms with E-state index in [4.69, 9.17) is 4.74 Å². The molecule has 0 radical (unpaired) electrons. The molecule has 6 heteroatoms. The molecule has 2 aromatic rings. The topological polar surface area (TPSA) is 62.3 Å². The molecule has 2 heterocycles. The molecule has 1 aliphatic rings. The van der Waals surface area contributed by atoms with Gasteiger partial charge in [0.05, 0.1) is 6.10 Å². The summed E-state index contributed by atoms with van der Waals surface area (Å²) in [6, 6.07) is 10.4. The summed E-state index contributed by atoms with van der Waals surface area (Å²) in [7, 11) is 0. The van der Waals surface area contributed by atoms with Crippen LogP contribution in [0.25, 0.3) is 0 Å². The molecular formula is C20H29N5O. The van der Waals surface area contributed by atoms with E-state index in [-0.39, 0.29) is 6.10 Å². The Balaban J connectivity index is 1.65. The van der Waals surface area contributed by atoms with E-state index in [2.05, 4.69) is 63.6 Å². The maximum absolute atomic E-state index is 5.65. The van der Waals surface area contributed by atoms with Gasteiger partial charge in [-0.25, -0.2) is 4.98 Å². The third-order valence-electron chi connectivity index (χ3n) is 4.64. The Kier molecular flexibility index (Phi) is 6.28. The van der Waals surface area contributed by atoms with Crippen molar-refractivity contribution < 1.29 is 4.74 Å². The van der Waals surface area contributed by atoms with Crippen LogP contribution in [0.2, 0.25) is 0 Å². The standard InChI is InChI=1S/C20H29N5O/c1-4-25(5-2)17-10-8-16(9-11-17)23-20-22-15(3)13-19(24-20)21-14-18-7-6-12-26-18/h8-11,13,18H,4-7,12,14H2,1-3H3,(H2,21,22,23,24). The average molecular weight is 355 g/mol. The summed E-state index contributed by atoms with van der Waals surface area (Å²) in [5.74, 6) is 1.44. The number of nitrogens with zero attached hydrogens (tertiary/aromatic N) is 3. The molecule has 1 fully saturated rings. The van der Waals surface area contributed by atoms with Crippen LogP contribution < -0.4 is 15.5 Å². The first-order valence-electron chi connectivity index (χ1n) is 9.51. The van der Waals surface area contributed by atoms with E-state index in [1.807, 2.05) is 13.0 Å². The van der Waals surface area contributed by atoms with E-state index in [0.29, 0.717) is 5.95 Å². The van der Waals surface area contributed by atoms with Gasteiger partial charge in [-0.05, 0) is 57.9 Å². The second-order valence-corrected chi connectivity index (χ2v) is 6.58. The number of aromatic nitrogens is 2. The normalized spacial score (nSPS) is 16.5. The van der Waals surface area contributed by atoms with E-state index in [1.54, 1.807) is 0 Å². The molecule has 0 bridgehead atoms. The lowest BCUT2D eigenvalue weighted by Gasteiger charge is -2.21. The number of ether oxygens (including phenoxy) is 1. The summed E-state index contributed by atoms with van der Waals surface area (Å²) in [5, 5.41) is 6.67. The largest absolute Gasteiger partial charge is 0.376 e. The Hall–Kier alpha value is -2.34. The van der Waals surface area contributed by atoms with Crippen LogP contribution in [0.15, 0.2) is 30.3 Å². The number of nitrogens with one attached hydrogen (secondary N) is 2. The zero-order valence-corrected chi connectivity index (χ0v) is 16.0. The number of rotatable bonds is 8. The zero-order valence-electron chi connectivity index (χ0n) is 16.0. The highest BCUT2D eigenvalue weighted by Crippen LogP contribution is 2.21. The summed E-state index contributed by atoms with van der Waals surface area (Å²) >= 11 is 0. The van der Waals surface area contributed by atoms with Gasteiger partial charge in [-0.15, -0.1) is 0 Å². The van der Waals surface area contributed by atoms with Crippen molar-refractivity contribution in [3.05, 3.63) is 36.0 Å². The number of benzene rings is 1. The van der Waals surface area contributed by atoms with Gasteiger partial charge in [0.25, 0.3) is 0 Å². The molecule has 0 saturated carbocycles. The molecule has 1 aliphatic heterocycles. The molecule has 1 atom stereocenters. The first-order chi connectivity index (χ1) is 12.7. The maximum Gasteiger partial charge on any atom is 0.229 e. The van der Waals surface area contributed by atoms with Crippen molar-refractivity contribution in [3.63, 3.8) is 0 Å². The molecule has 1 saturated heterocycles. The molecule has 0 aliphatic carbocycles. The fourth-order valence-corrected chi connectivity index (χ4v) is 3.21. The predicted molar refractivity (Wildman–Crippen MR) is 108 cm³/mol. The van der Waals surface area contributed by atoms with Crippen molar-refractivity contribution in [1.29, 1.82) is 0 Å².